The smallest absolute Gasteiger partial charge is 0.278 e. The molecule has 8 nitrogen and oxygen atoms in total. The molecule has 10 heteroatoms. The van der Waals surface area contributed by atoms with E-state index in [0.29, 0.717) is 17.7 Å². The van der Waals surface area contributed by atoms with Gasteiger partial charge in [-0.15, -0.1) is 0 Å². The van der Waals surface area contributed by atoms with Gasteiger partial charge in [-0.1, -0.05) is 0 Å². The van der Waals surface area contributed by atoms with Crippen molar-refractivity contribution < 1.29 is 29.0 Å². The van der Waals surface area contributed by atoms with Gasteiger partial charge in [-0.25, -0.2) is 9.87 Å². The second-order valence-corrected chi connectivity index (χ2v) is 7.56. The molecule has 0 saturated carbocycles. The maximum Gasteiger partial charge on any atom is 0.278 e. The maximum absolute atomic E-state index is 14.3. The molecule has 1 aromatic carbocycles. The van der Waals surface area contributed by atoms with E-state index in [9.17, 15) is 14.0 Å². The normalized spacial score (nSPS) is 13.1. The number of hydroxylamine groups is 1. The second-order valence-electron chi connectivity index (χ2n) is 6.32. The number of fused-ring (bicyclic) bond motifs is 1. The van der Waals surface area contributed by atoms with Gasteiger partial charge in [0, 0.05) is 17.0 Å². The number of hydrogen-bond donors (Lipinski definition) is 4. The molecule has 2 aromatic rings. The molecule has 1 amide bonds. The third-order valence-electron chi connectivity index (χ3n) is 4.50. The molecule has 0 bridgehead atoms. The number of aliphatic hydroxyl groups excluding tert-OH is 2. The van der Waals surface area contributed by atoms with Crippen molar-refractivity contribution in [2.45, 2.75) is 18.9 Å². The number of nitrogens with one attached hydrogen (secondary N) is 2. The molecule has 1 aliphatic carbocycles. The quantitative estimate of drug-likeness (QED) is 0.338. The highest BCUT2D eigenvalue weighted by atomic mass is 127. The number of nitrogens with zero attached hydrogens (tertiary/aromatic N) is 1. The van der Waals surface area contributed by atoms with Crippen LogP contribution in [0.2, 0.25) is 0 Å². The van der Waals surface area contributed by atoms with Gasteiger partial charge in [0.05, 0.1) is 30.2 Å². The Morgan fingerprint density at radius 2 is 2.07 bits per heavy atom. The van der Waals surface area contributed by atoms with Crippen molar-refractivity contribution in [3.05, 3.63) is 44.4 Å². The first-order valence-electron chi connectivity index (χ1n) is 8.51. The largest absolute Gasteiger partial charge is 0.393 e. The summed E-state index contributed by atoms with van der Waals surface area (Å²) in [4.78, 5) is 30.0. The number of amides is 1. The summed E-state index contributed by atoms with van der Waals surface area (Å²) < 4.78 is 16.6. The zero-order valence-electron chi connectivity index (χ0n) is 15.0. The molecule has 3 rings (SSSR count). The SMILES string of the molecule is Cn1c(Nc2ccc(I)cc2F)c(C(=O)NOC(CO)CO)c2c1C(=O)CC2. The molecule has 1 heterocycles. The first-order chi connectivity index (χ1) is 13.4. The third-order valence-corrected chi connectivity index (χ3v) is 5.17. The summed E-state index contributed by atoms with van der Waals surface area (Å²) >= 11 is 1.99. The highest BCUT2D eigenvalue weighted by Gasteiger charge is 2.34. The lowest BCUT2D eigenvalue weighted by atomic mass is 10.1. The lowest BCUT2D eigenvalue weighted by molar-refractivity contribution is -0.0618. The molecule has 1 aliphatic rings. The van der Waals surface area contributed by atoms with Crippen LogP contribution in [0.25, 0.3) is 0 Å². The Morgan fingerprint density at radius 3 is 2.71 bits per heavy atom. The first kappa shape index (κ1) is 20.7. The molecule has 1 aromatic heterocycles. The molecule has 150 valence electrons. The van der Waals surface area contributed by atoms with Crippen molar-refractivity contribution in [1.29, 1.82) is 0 Å². The van der Waals surface area contributed by atoms with Crippen molar-refractivity contribution in [2.75, 3.05) is 18.5 Å². The molecule has 0 atom stereocenters. The summed E-state index contributed by atoms with van der Waals surface area (Å²) in [7, 11) is 1.62. The summed E-state index contributed by atoms with van der Waals surface area (Å²) in [6.45, 7) is -0.970. The average molecular weight is 503 g/mol. The van der Waals surface area contributed by atoms with Gasteiger partial charge in [0.2, 0.25) is 0 Å². The fraction of sp³-hybridized carbons (Fsp3) is 0.333. The molecular weight excluding hydrogens is 484 g/mol. The molecule has 0 saturated heterocycles. The van der Waals surface area contributed by atoms with E-state index in [1.807, 2.05) is 22.6 Å². The van der Waals surface area contributed by atoms with Crippen LogP contribution in [0.15, 0.2) is 18.2 Å². The number of halogens is 2. The van der Waals surface area contributed by atoms with Gasteiger partial charge in [-0.2, -0.15) is 0 Å². The summed E-state index contributed by atoms with van der Waals surface area (Å²) in [5.41, 5.74) is 3.45. The van der Waals surface area contributed by atoms with Crippen LogP contribution in [0.1, 0.15) is 32.8 Å². The van der Waals surface area contributed by atoms with Crippen molar-refractivity contribution in [2.24, 2.45) is 7.05 Å². The topological polar surface area (TPSA) is 113 Å². The number of aromatic nitrogens is 1. The predicted octanol–water partition coefficient (Wildman–Crippen LogP) is 1.66. The minimum Gasteiger partial charge on any atom is -0.393 e. The van der Waals surface area contributed by atoms with Gasteiger partial charge in [0.1, 0.15) is 17.7 Å². The van der Waals surface area contributed by atoms with E-state index in [2.05, 4.69) is 10.8 Å². The van der Waals surface area contributed by atoms with Gasteiger partial charge in [0.25, 0.3) is 5.91 Å². The number of carbonyl (C=O) groups excluding carboxylic acids is 2. The first-order valence-corrected chi connectivity index (χ1v) is 9.59. The minimum absolute atomic E-state index is 0.104. The monoisotopic (exact) mass is 503 g/mol. The van der Waals surface area contributed by atoms with Crippen LogP contribution in [0.4, 0.5) is 15.9 Å². The predicted molar refractivity (Wildman–Crippen MR) is 107 cm³/mol. The molecule has 0 unspecified atom stereocenters. The number of benzene rings is 1. The van der Waals surface area contributed by atoms with Gasteiger partial charge < -0.3 is 20.1 Å². The average Bonchev–Trinajstić information content (AvgIpc) is 3.16. The lowest BCUT2D eigenvalue weighted by Crippen LogP contribution is -2.34. The highest BCUT2D eigenvalue weighted by Crippen LogP contribution is 2.35. The van der Waals surface area contributed by atoms with E-state index < -0.39 is 31.0 Å². The van der Waals surface area contributed by atoms with Crippen LogP contribution < -0.4 is 10.8 Å². The fourth-order valence-corrected chi connectivity index (χ4v) is 3.58. The number of anilines is 2. The van der Waals surface area contributed by atoms with Gasteiger partial charge in [-0.05, 0) is 52.8 Å². The van der Waals surface area contributed by atoms with E-state index >= 15 is 0 Å². The zero-order valence-corrected chi connectivity index (χ0v) is 17.1. The molecule has 0 radical (unpaired) electrons. The molecule has 4 N–H and O–H groups in total. The van der Waals surface area contributed by atoms with Gasteiger partial charge >= 0.3 is 0 Å². The lowest BCUT2D eigenvalue weighted by Gasteiger charge is -2.15. The Kier molecular flexibility index (Phi) is 6.33. The Balaban J connectivity index is 1.98. The number of hydrogen-bond acceptors (Lipinski definition) is 6. The van der Waals surface area contributed by atoms with Crippen molar-refractivity contribution in [3.8, 4) is 0 Å². The van der Waals surface area contributed by atoms with E-state index in [-0.39, 0.29) is 29.3 Å². The standard InChI is InChI=1S/C18H19FIN3O5/c1-23-16-11(3-5-14(16)26)15(18(27)22-28-10(7-24)8-25)17(23)21-13-4-2-9(20)6-12(13)19/h2,4,6,10,21,24-25H,3,5,7-8H2,1H3,(H,22,27). The zero-order chi connectivity index (χ0) is 20.4. The van der Waals surface area contributed by atoms with Crippen molar-refractivity contribution >= 4 is 45.8 Å². The molecule has 0 fully saturated rings. The highest BCUT2D eigenvalue weighted by molar-refractivity contribution is 14.1. The van der Waals surface area contributed by atoms with Crippen molar-refractivity contribution in [3.63, 3.8) is 0 Å². The minimum atomic E-state index is -0.979. The molecule has 0 spiro atoms. The summed E-state index contributed by atoms with van der Waals surface area (Å²) in [6, 6.07) is 4.60. The van der Waals surface area contributed by atoms with Crippen LogP contribution in [0.3, 0.4) is 0 Å². The van der Waals surface area contributed by atoms with Crippen LogP contribution in [0.5, 0.6) is 0 Å². The number of carbonyl (C=O) groups is 2. The Hall–Kier alpha value is -2.02. The van der Waals surface area contributed by atoms with Crippen LogP contribution >= 0.6 is 22.6 Å². The number of ketones is 1. The van der Waals surface area contributed by atoms with Crippen LogP contribution in [-0.2, 0) is 18.3 Å². The summed E-state index contributed by atoms with van der Waals surface area (Å²) in [5, 5.41) is 21.0. The number of Topliss-reactive ketones (excluding diaryl/α,β-unsaturated/α-hetero) is 1. The van der Waals surface area contributed by atoms with E-state index in [1.165, 1.54) is 10.6 Å². The second kappa shape index (κ2) is 8.55. The Labute approximate surface area is 173 Å². The van der Waals surface area contributed by atoms with Crippen molar-refractivity contribution in [1.82, 2.24) is 10.0 Å². The maximum atomic E-state index is 14.3. The summed E-state index contributed by atoms with van der Waals surface area (Å²) in [5.74, 6) is -1.01. The third kappa shape index (κ3) is 3.90. The van der Waals surface area contributed by atoms with E-state index in [1.54, 1.807) is 19.2 Å². The molecular formula is C18H19FIN3O5. The van der Waals surface area contributed by atoms with E-state index in [0.717, 1.165) is 3.57 Å². The molecule has 0 aliphatic heterocycles. The van der Waals surface area contributed by atoms with E-state index in [4.69, 9.17) is 15.1 Å². The fourth-order valence-electron chi connectivity index (χ4n) is 3.13. The van der Waals surface area contributed by atoms with Crippen LogP contribution in [-0.4, -0.2) is 45.8 Å². The van der Waals surface area contributed by atoms with Gasteiger partial charge in [0.15, 0.2) is 5.78 Å². The van der Waals surface area contributed by atoms with Crippen LogP contribution in [0, 0.1) is 9.39 Å². The number of aliphatic hydroxyl groups is 2. The Bertz CT molecular complexity index is 926. The molecule has 28 heavy (non-hydrogen) atoms. The van der Waals surface area contributed by atoms with Gasteiger partial charge in [-0.3, -0.25) is 14.4 Å². The summed E-state index contributed by atoms with van der Waals surface area (Å²) in [6.07, 6.45) is -0.314. The number of rotatable bonds is 7. The Morgan fingerprint density at radius 1 is 1.36 bits per heavy atom.